The van der Waals surface area contributed by atoms with E-state index in [9.17, 15) is 0 Å². The Morgan fingerprint density at radius 2 is 1.36 bits per heavy atom. The highest BCUT2D eigenvalue weighted by Crippen LogP contribution is 2.45. The van der Waals surface area contributed by atoms with Crippen molar-refractivity contribution in [2.45, 2.75) is 62.8 Å². The van der Waals surface area contributed by atoms with Crippen molar-refractivity contribution in [1.29, 1.82) is 0 Å². The molecule has 3 nitrogen and oxygen atoms in total. The Bertz CT molecular complexity index is 2890. The van der Waals surface area contributed by atoms with Crippen molar-refractivity contribution < 1.29 is 8.22 Å². The van der Waals surface area contributed by atoms with Crippen LogP contribution in [0.3, 0.4) is 0 Å². The van der Waals surface area contributed by atoms with Crippen LogP contribution in [-0.4, -0.2) is 22.0 Å². The minimum Gasteiger partial charge on any atom is -0.278 e. The summed E-state index contributed by atoms with van der Waals surface area (Å²) >= 11 is 1.78. The van der Waals surface area contributed by atoms with Gasteiger partial charge in [0.15, 0.2) is 0 Å². The summed E-state index contributed by atoms with van der Waals surface area (Å²) in [5, 5.41) is 2.74. The van der Waals surface area contributed by atoms with Gasteiger partial charge in [-0.15, -0.1) is 0 Å². The fourth-order valence-electron chi connectivity index (χ4n) is 7.84. The first-order valence-electron chi connectivity index (χ1n) is 20.1. The molecule has 0 spiro atoms. The Kier molecular flexibility index (Phi) is 5.58. The van der Waals surface area contributed by atoms with E-state index >= 15 is 0 Å². The van der Waals surface area contributed by atoms with E-state index in [-0.39, 0.29) is 16.5 Å². The lowest BCUT2D eigenvalue weighted by molar-refractivity contribution is 0.591. The number of benzene rings is 6. The minimum atomic E-state index is -2.52. The summed E-state index contributed by atoms with van der Waals surface area (Å²) in [5.74, 6) is 0.680. The van der Waals surface area contributed by atoms with Gasteiger partial charge in [-0.2, -0.15) is 0 Å². The Hall–Kier alpha value is -4.84. The molecule has 1 aliphatic rings. The monoisotopic (exact) mass is 689 g/mol. The molecule has 2 aromatic heterocycles. The maximum absolute atomic E-state index is 8.74. The molecule has 6 aromatic carbocycles. The zero-order valence-electron chi connectivity index (χ0n) is 34.8. The molecule has 0 saturated heterocycles. The number of nitrogens with zero attached hydrogens (tertiary/aromatic N) is 3. The van der Waals surface area contributed by atoms with Gasteiger partial charge in [-0.3, -0.25) is 8.97 Å². The smallest absolute Gasteiger partial charge is 0.220 e. The molecule has 50 heavy (non-hydrogen) atoms. The third-order valence-electron chi connectivity index (χ3n) is 10.4. The molecule has 9 rings (SSSR count). The number of hydrogen-bond donors (Lipinski definition) is 0. The third-order valence-corrected chi connectivity index (χ3v) is 15.5. The van der Waals surface area contributed by atoms with E-state index in [2.05, 4.69) is 80.7 Å². The highest BCUT2D eigenvalue weighted by atomic mass is 32.2. The van der Waals surface area contributed by atoms with Gasteiger partial charge in [-0.25, -0.2) is 4.98 Å². The first-order chi connectivity index (χ1) is 26.4. The summed E-state index contributed by atoms with van der Waals surface area (Å²) in [6.07, 6.45) is 0. The number of fused-ring (bicyclic) bond motifs is 7. The van der Waals surface area contributed by atoms with Crippen molar-refractivity contribution in [3.63, 3.8) is 0 Å². The third kappa shape index (κ3) is 4.60. The number of para-hydroxylation sites is 4. The normalized spacial score (nSPS) is 16.3. The average Bonchev–Trinajstić information content (AvgIpc) is 3.67. The van der Waals surface area contributed by atoms with Crippen LogP contribution in [0, 0.1) is 13.7 Å². The maximum atomic E-state index is 8.74. The molecule has 3 heterocycles. The van der Waals surface area contributed by atoms with Gasteiger partial charge in [-0.05, 0) is 117 Å². The highest BCUT2D eigenvalue weighted by Gasteiger charge is 2.38. The fourth-order valence-corrected chi connectivity index (χ4v) is 13.4. The van der Waals surface area contributed by atoms with E-state index in [0.717, 1.165) is 38.8 Å². The van der Waals surface area contributed by atoms with Crippen molar-refractivity contribution in [2.75, 3.05) is 0 Å². The standard InChI is InChI=1S/C45H41N3SSi/c1-28-20-22-30(42-34(45(3,4)5)24-25-41-43(42)49-39-18-12-13-19-40(39)50(41,6)7)26-32(28)33-27-31(23-21-29(33)2)47-37-16-10-11-17-38(37)48-36-15-9-8-14-35(36)46-44(47)48/h8-27H,1-7H3/i1D3,2D3. The first kappa shape index (κ1) is 25.2. The molecule has 5 heteroatoms. The molecule has 0 atom stereocenters. The van der Waals surface area contributed by atoms with Gasteiger partial charge >= 0.3 is 0 Å². The Morgan fingerprint density at radius 3 is 2.14 bits per heavy atom. The van der Waals surface area contributed by atoms with E-state index in [1.54, 1.807) is 23.9 Å². The van der Waals surface area contributed by atoms with Crippen molar-refractivity contribution in [2.24, 2.45) is 0 Å². The van der Waals surface area contributed by atoms with Crippen LogP contribution in [0.25, 0.3) is 55.8 Å². The molecular weight excluding hydrogens is 643 g/mol. The van der Waals surface area contributed by atoms with Gasteiger partial charge in [0.05, 0.1) is 22.1 Å². The molecule has 0 fully saturated rings. The summed E-state index contributed by atoms with van der Waals surface area (Å²) in [5.41, 5.74) is 8.11. The number of imidazole rings is 2. The predicted octanol–water partition coefficient (Wildman–Crippen LogP) is 11.0. The molecule has 1 aliphatic heterocycles. The van der Waals surface area contributed by atoms with Crippen LogP contribution in [-0.2, 0) is 5.41 Å². The van der Waals surface area contributed by atoms with Crippen LogP contribution in [0.2, 0.25) is 13.1 Å². The van der Waals surface area contributed by atoms with Gasteiger partial charge in [0.25, 0.3) is 0 Å². The highest BCUT2D eigenvalue weighted by molar-refractivity contribution is 8.00. The number of rotatable bonds is 3. The Labute approximate surface area is 308 Å². The van der Waals surface area contributed by atoms with Crippen molar-refractivity contribution in [3.05, 3.63) is 138 Å². The van der Waals surface area contributed by atoms with E-state index in [0.29, 0.717) is 22.6 Å². The second-order valence-electron chi connectivity index (χ2n) is 14.9. The number of aromatic nitrogens is 3. The largest absolute Gasteiger partial charge is 0.278 e. The van der Waals surface area contributed by atoms with Crippen LogP contribution in [0.4, 0.5) is 0 Å². The van der Waals surface area contributed by atoms with Gasteiger partial charge in [-0.1, -0.05) is 118 Å². The van der Waals surface area contributed by atoms with Crippen LogP contribution >= 0.6 is 11.8 Å². The summed E-state index contributed by atoms with van der Waals surface area (Å²) < 4.78 is 56.5. The van der Waals surface area contributed by atoms with Crippen LogP contribution < -0.4 is 10.4 Å². The van der Waals surface area contributed by atoms with Gasteiger partial charge in [0, 0.05) is 23.7 Å². The number of aryl methyl sites for hydroxylation is 2. The molecule has 0 aliphatic carbocycles. The van der Waals surface area contributed by atoms with E-state index in [1.165, 1.54) is 20.2 Å². The lowest BCUT2D eigenvalue weighted by Gasteiger charge is -2.36. The van der Waals surface area contributed by atoms with Crippen LogP contribution in [0.15, 0.2) is 131 Å². The molecule has 246 valence electrons. The molecular formula is C45H41N3SSi. The maximum Gasteiger partial charge on any atom is 0.220 e. The van der Waals surface area contributed by atoms with Crippen molar-refractivity contribution in [3.8, 4) is 27.9 Å². The molecule has 0 saturated carbocycles. The summed E-state index contributed by atoms with van der Waals surface area (Å²) in [7, 11) is -2.12. The van der Waals surface area contributed by atoms with E-state index < -0.39 is 21.8 Å². The average molecular weight is 690 g/mol. The topological polar surface area (TPSA) is 22.2 Å². The minimum absolute atomic E-state index is 0.0906. The molecule has 0 unspecified atom stereocenters. The van der Waals surface area contributed by atoms with Gasteiger partial charge in [0.1, 0.15) is 8.07 Å². The zero-order chi connectivity index (χ0) is 39.5. The van der Waals surface area contributed by atoms with Crippen molar-refractivity contribution >= 4 is 58.1 Å². The molecule has 0 N–H and O–H groups in total. The first-order valence-corrected chi connectivity index (χ1v) is 20.9. The molecule has 0 radical (unpaired) electrons. The van der Waals surface area contributed by atoms with Gasteiger partial charge in [0.2, 0.25) is 5.78 Å². The predicted molar refractivity (Wildman–Crippen MR) is 216 cm³/mol. The molecule has 8 aromatic rings. The quantitative estimate of drug-likeness (QED) is 0.172. The molecule has 0 bridgehead atoms. The molecule has 0 amide bonds. The SMILES string of the molecule is [2H]C([2H])([2H])c1ccc(-c2c(C(C)(C)C)ccc3c2Sc2ccccc2[Si]3(C)C)cc1-c1cc(-n2c3ccccc3n3c4ccccc4nc23)ccc1C([2H])([2H])[2H]. The van der Waals surface area contributed by atoms with Crippen LogP contribution in [0.1, 0.15) is 45.7 Å². The Balaban J connectivity index is 1.35. The zero-order valence-corrected chi connectivity index (χ0v) is 30.6. The lowest BCUT2D eigenvalue weighted by Crippen LogP contribution is -2.56. The fraction of sp³-hybridized carbons (Fsp3) is 0.178. The van der Waals surface area contributed by atoms with Crippen molar-refractivity contribution in [1.82, 2.24) is 14.0 Å². The van der Waals surface area contributed by atoms with Crippen LogP contribution in [0.5, 0.6) is 0 Å². The van der Waals surface area contributed by atoms with Gasteiger partial charge < -0.3 is 0 Å². The lowest BCUT2D eigenvalue weighted by atomic mass is 9.81. The Morgan fingerprint density at radius 1 is 0.680 bits per heavy atom. The summed E-state index contributed by atoms with van der Waals surface area (Å²) in [6, 6.07) is 40.1. The second-order valence-corrected chi connectivity index (χ2v) is 20.3. The van der Waals surface area contributed by atoms with E-state index in [1.807, 2.05) is 71.3 Å². The summed E-state index contributed by atoms with van der Waals surface area (Å²) in [4.78, 5) is 7.48. The summed E-state index contributed by atoms with van der Waals surface area (Å²) in [6.45, 7) is 6.37. The van der Waals surface area contributed by atoms with E-state index in [4.69, 9.17) is 13.2 Å². The second kappa shape index (κ2) is 11.1. The number of hydrogen-bond acceptors (Lipinski definition) is 2.